The molecule has 0 aliphatic carbocycles. The highest BCUT2D eigenvalue weighted by Crippen LogP contribution is 2.13. The van der Waals surface area contributed by atoms with Gasteiger partial charge in [-0.2, -0.15) is 0 Å². The second-order valence-electron chi connectivity index (χ2n) is 5.60. The number of aryl methyl sites for hydroxylation is 2. The minimum Gasteiger partial charge on any atom is -0.361 e. The summed E-state index contributed by atoms with van der Waals surface area (Å²) < 4.78 is 5.16. The lowest BCUT2D eigenvalue weighted by molar-refractivity contribution is 0.392. The number of hydrogen-bond donors (Lipinski definition) is 2. The summed E-state index contributed by atoms with van der Waals surface area (Å²) in [6.07, 6.45) is 0. The van der Waals surface area contributed by atoms with Gasteiger partial charge in [0.05, 0.1) is 12.2 Å². The first-order chi connectivity index (χ1) is 9.45. The molecule has 20 heavy (non-hydrogen) atoms. The average molecular weight is 280 g/mol. The number of rotatable bonds is 6. The van der Waals surface area contributed by atoms with E-state index < -0.39 is 0 Å². The van der Waals surface area contributed by atoms with Crippen LogP contribution >= 0.6 is 0 Å². The van der Waals surface area contributed by atoms with Crippen LogP contribution in [-0.4, -0.2) is 24.2 Å². The van der Waals surface area contributed by atoms with Crippen LogP contribution in [-0.2, 0) is 6.54 Å². The molecule has 0 radical (unpaired) electrons. The van der Waals surface area contributed by atoms with Gasteiger partial charge in [0.25, 0.3) is 0 Å². The highest BCUT2D eigenvalue weighted by molar-refractivity contribution is 5.79. The maximum absolute atomic E-state index is 5.16. The number of nitrogens with zero attached hydrogens (tertiary/aromatic N) is 2. The fourth-order valence-corrected chi connectivity index (χ4v) is 1.72. The summed E-state index contributed by atoms with van der Waals surface area (Å²) in [6, 6.07) is 0. The van der Waals surface area contributed by atoms with Crippen LogP contribution in [0.15, 0.2) is 9.52 Å². The largest absolute Gasteiger partial charge is 0.361 e. The Labute approximate surface area is 122 Å². The molecule has 0 spiro atoms. The van der Waals surface area contributed by atoms with Crippen molar-refractivity contribution in [3.05, 3.63) is 17.0 Å². The molecule has 0 unspecified atom stereocenters. The van der Waals surface area contributed by atoms with E-state index in [9.17, 15) is 0 Å². The summed E-state index contributed by atoms with van der Waals surface area (Å²) in [5, 5.41) is 10.6. The van der Waals surface area contributed by atoms with E-state index in [1.807, 2.05) is 13.8 Å². The molecule has 0 aliphatic rings. The van der Waals surface area contributed by atoms with E-state index in [2.05, 4.69) is 48.5 Å². The van der Waals surface area contributed by atoms with Gasteiger partial charge in [-0.15, -0.1) is 0 Å². The van der Waals surface area contributed by atoms with Crippen molar-refractivity contribution in [3.63, 3.8) is 0 Å². The van der Waals surface area contributed by atoms with Crippen LogP contribution < -0.4 is 10.6 Å². The molecule has 0 aromatic carbocycles. The van der Waals surface area contributed by atoms with E-state index in [0.29, 0.717) is 18.4 Å². The monoisotopic (exact) mass is 280 g/mol. The quantitative estimate of drug-likeness (QED) is 0.621. The van der Waals surface area contributed by atoms with Gasteiger partial charge in [0, 0.05) is 18.7 Å². The molecular formula is C15H28N4O. The molecule has 1 rings (SSSR count). The van der Waals surface area contributed by atoms with Crippen LogP contribution in [0.5, 0.6) is 0 Å². The van der Waals surface area contributed by atoms with Gasteiger partial charge in [0.2, 0.25) is 0 Å². The zero-order valence-corrected chi connectivity index (χ0v) is 13.6. The SMILES string of the molecule is CCNC(=NCc1c(C)noc1C)NC[C@@H](C)C(C)C. The summed E-state index contributed by atoms with van der Waals surface area (Å²) in [7, 11) is 0. The van der Waals surface area contributed by atoms with Crippen molar-refractivity contribution in [1.29, 1.82) is 0 Å². The van der Waals surface area contributed by atoms with Crippen molar-refractivity contribution in [1.82, 2.24) is 15.8 Å². The highest BCUT2D eigenvalue weighted by Gasteiger charge is 2.10. The van der Waals surface area contributed by atoms with Crippen molar-refractivity contribution in [2.24, 2.45) is 16.8 Å². The van der Waals surface area contributed by atoms with Crippen LogP contribution in [0.4, 0.5) is 0 Å². The second-order valence-corrected chi connectivity index (χ2v) is 5.60. The molecule has 0 saturated heterocycles. The van der Waals surface area contributed by atoms with Crippen molar-refractivity contribution in [2.45, 2.75) is 48.1 Å². The molecule has 0 fully saturated rings. The fraction of sp³-hybridized carbons (Fsp3) is 0.733. The predicted octanol–water partition coefficient (Wildman–Crippen LogP) is 2.64. The molecule has 0 amide bonds. The maximum Gasteiger partial charge on any atom is 0.191 e. The van der Waals surface area contributed by atoms with Gasteiger partial charge in [-0.3, -0.25) is 0 Å². The number of hydrogen-bond acceptors (Lipinski definition) is 3. The fourth-order valence-electron chi connectivity index (χ4n) is 1.72. The molecule has 0 bridgehead atoms. The molecular weight excluding hydrogens is 252 g/mol. The molecule has 1 atom stereocenters. The Morgan fingerprint density at radius 1 is 1.25 bits per heavy atom. The van der Waals surface area contributed by atoms with E-state index in [-0.39, 0.29) is 0 Å². The van der Waals surface area contributed by atoms with Gasteiger partial charge in [0.1, 0.15) is 5.76 Å². The van der Waals surface area contributed by atoms with Crippen LogP contribution in [0, 0.1) is 25.7 Å². The van der Waals surface area contributed by atoms with Gasteiger partial charge < -0.3 is 15.2 Å². The topological polar surface area (TPSA) is 62.5 Å². The number of nitrogens with one attached hydrogen (secondary N) is 2. The van der Waals surface area contributed by atoms with Crippen LogP contribution in [0.2, 0.25) is 0 Å². The molecule has 114 valence electrons. The molecule has 0 aliphatic heterocycles. The number of aromatic nitrogens is 1. The lowest BCUT2D eigenvalue weighted by Gasteiger charge is -2.18. The van der Waals surface area contributed by atoms with E-state index in [0.717, 1.165) is 36.1 Å². The Balaban J connectivity index is 2.63. The zero-order chi connectivity index (χ0) is 15.1. The highest BCUT2D eigenvalue weighted by atomic mass is 16.5. The Morgan fingerprint density at radius 2 is 1.95 bits per heavy atom. The molecule has 1 aromatic heterocycles. The second kappa shape index (κ2) is 7.92. The number of aliphatic imine (C=N–C) groups is 1. The molecule has 1 aromatic rings. The average Bonchev–Trinajstić information content (AvgIpc) is 2.72. The third kappa shape index (κ3) is 4.87. The summed E-state index contributed by atoms with van der Waals surface area (Å²) in [4.78, 5) is 4.60. The van der Waals surface area contributed by atoms with Gasteiger partial charge in [-0.05, 0) is 32.6 Å². The van der Waals surface area contributed by atoms with Crippen molar-refractivity contribution in [3.8, 4) is 0 Å². The summed E-state index contributed by atoms with van der Waals surface area (Å²) in [5.74, 6) is 2.96. The first-order valence-corrected chi connectivity index (χ1v) is 7.39. The zero-order valence-electron chi connectivity index (χ0n) is 13.6. The van der Waals surface area contributed by atoms with Crippen molar-refractivity contribution >= 4 is 5.96 Å². The van der Waals surface area contributed by atoms with E-state index in [1.165, 1.54) is 0 Å². The first kappa shape index (κ1) is 16.5. The van der Waals surface area contributed by atoms with Gasteiger partial charge in [-0.1, -0.05) is 25.9 Å². The summed E-state index contributed by atoms with van der Waals surface area (Å²) in [5.41, 5.74) is 1.98. The third-order valence-electron chi connectivity index (χ3n) is 3.65. The number of guanidine groups is 1. The predicted molar refractivity (Wildman–Crippen MR) is 82.8 cm³/mol. The van der Waals surface area contributed by atoms with E-state index in [4.69, 9.17) is 4.52 Å². The van der Waals surface area contributed by atoms with E-state index in [1.54, 1.807) is 0 Å². The third-order valence-corrected chi connectivity index (χ3v) is 3.65. The minimum atomic E-state index is 0.590. The molecule has 5 nitrogen and oxygen atoms in total. The summed E-state index contributed by atoms with van der Waals surface area (Å²) >= 11 is 0. The Morgan fingerprint density at radius 3 is 2.45 bits per heavy atom. The summed E-state index contributed by atoms with van der Waals surface area (Å²) in [6.45, 7) is 15.0. The van der Waals surface area contributed by atoms with Crippen LogP contribution in [0.3, 0.4) is 0 Å². The first-order valence-electron chi connectivity index (χ1n) is 7.39. The Bertz CT molecular complexity index is 418. The molecule has 2 N–H and O–H groups in total. The standard InChI is InChI=1S/C15H28N4O/c1-7-16-15(17-8-11(4)10(2)3)18-9-14-12(5)19-20-13(14)6/h10-11H,7-9H2,1-6H3,(H2,16,17,18)/t11-/m1/s1. The maximum atomic E-state index is 5.16. The molecule has 5 heteroatoms. The van der Waals surface area contributed by atoms with Crippen LogP contribution in [0.1, 0.15) is 44.7 Å². The lowest BCUT2D eigenvalue weighted by Crippen LogP contribution is -2.40. The van der Waals surface area contributed by atoms with Gasteiger partial charge >= 0.3 is 0 Å². The molecule has 1 heterocycles. The van der Waals surface area contributed by atoms with Gasteiger partial charge in [-0.25, -0.2) is 4.99 Å². The van der Waals surface area contributed by atoms with E-state index >= 15 is 0 Å². The lowest BCUT2D eigenvalue weighted by atomic mass is 9.98. The Hall–Kier alpha value is -1.52. The van der Waals surface area contributed by atoms with Gasteiger partial charge in [0.15, 0.2) is 5.96 Å². The minimum absolute atomic E-state index is 0.590. The normalized spacial score (nSPS) is 13.7. The van der Waals surface area contributed by atoms with Crippen LogP contribution in [0.25, 0.3) is 0 Å². The van der Waals surface area contributed by atoms with Crippen molar-refractivity contribution in [2.75, 3.05) is 13.1 Å². The Kier molecular flexibility index (Phi) is 6.55. The molecule has 0 saturated carbocycles. The van der Waals surface area contributed by atoms with Crippen molar-refractivity contribution < 1.29 is 4.52 Å². The smallest absolute Gasteiger partial charge is 0.191 e.